The molecule has 0 amide bonds. The van der Waals surface area contributed by atoms with Gasteiger partial charge in [-0.1, -0.05) is 43.2 Å². The topological polar surface area (TPSA) is 3.88 Å². The van der Waals surface area contributed by atoms with Crippen LogP contribution in [-0.4, -0.2) is 0 Å². The van der Waals surface area contributed by atoms with Crippen LogP contribution in [0.4, 0.5) is 0 Å². The third-order valence-corrected chi connectivity index (χ3v) is 7.44. The Labute approximate surface area is 163 Å². The van der Waals surface area contributed by atoms with Gasteiger partial charge in [-0.2, -0.15) is 4.57 Å². The number of nitrogens with zero attached hydrogens (tertiary/aromatic N) is 1. The van der Waals surface area contributed by atoms with Crippen LogP contribution in [0.3, 0.4) is 0 Å². The van der Waals surface area contributed by atoms with Crippen molar-refractivity contribution in [2.45, 2.75) is 51.9 Å². The molecule has 0 aliphatic heterocycles. The number of benzene rings is 2. The van der Waals surface area contributed by atoms with Crippen LogP contribution in [0.15, 0.2) is 48.5 Å². The Kier molecular flexibility index (Phi) is 4.07. The first-order valence-electron chi connectivity index (χ1n) is 10.6. The fourth-order valence-electron chi connectivity index (χ4n) is 5.78. The smallest absolute Gasteiger partial charge is 0.198 e. The summed E-state index contributed by atoms with van der Waals surface area (Å²) in [6.07, 6.45) is 7.26. The van der Waals surface area contributed by atoms with E-state index in [9.17, 15) is 0 Å². The molecule has 138 valence electrons. The lowest BCUT2D eigenvalue weighted by molar-refractivity contribution is -0.665. The van der Waals surface area contributed by atoms with Crippen LogP contribution in [0.25, 0.3) is 22.0 Å². The Morgan fingerprint density at radius 3 is 2.37 bits per heavy atom. The van der Waals surface area contributed by atoms with Crippen molar-refractivity contribution in [2.75, 3.05) is 0 Å². The second-order valence-corrected chi connectivity index (χ2v) is 8.98. The number of rotatable bonds is 2. The number of pyridine rings is 1. The third kappa shape index (κ3) is 2.79. The molecule has 1 heteroatoms. The summed E-state index contributed by atoms with van der Waals surface area (Å²) >= 11 is 0. The van der Waals surface area contributed by atoms with Crippen LogP contribution in [0.1, 0.15) is 54.8 Å². The van der Waals surface area contributed by atoms with Gasteiger partial charge in [-0.15, -0.1) is 0 Å². The minimum Gasteiger partial charge on any atom is -0.198 e. The molecule has 1 atom stereocenters. The van der Waals surface area contributed by atoms with E-state index in [0.29, 0.717) is 0 Å². The molecule has 0 N–H and O–H groups in total. The maximum absolute atomic E-state index is 2.51. The van der Waals surface area contributed by atoms with Gasteiger partial charge in [0.25, 0.3) is 0 Å². The van der Waals surface area contributed by atoms with E-state index in [-0.39, 0.29) is 0 Å². The lowest BCUT2D eigenvalue weighted by Gasteiger charge is -2.42. The summed E-state index contributed by atoms with van der Waals surface area (Å²) in [4.78, 5) is 0. The van der Waals surface area contributed by atoms with Crippen LogP contribution >= 0.6 is 0 Å². The molecule has 1 nitrogen and oxygen atoms in total. The van der Waals surface area contributed by atoms with Crippen molar-refractivity contribution in [3.8, 4) is 11.3 Å². The normalized spacial score (nSPS) is 24.5. The molecule has 0 radical (unpaired) electrons. The third-order valence-electron chi connectivity index (χ3n) is 7.44. The Balaban J connectivity index is 1.67. The largest absolute Gasteiger partial charge is 0.220 e. The van der Waals surface area contributed by atoms with Gasteiger partial charge < -0.3 is 0 Å². The number of hydrogen-bond acceptors (Lipinski definition) is 0. The zero-order chi connectivity index (χ0) is 18.5. The Morgan fingerprint density at radius 2 is 1.67 bits per heavy atom. The highest BCUT2D eigenvalue weighted by Crippen LogP contribution is 2.50. The van der Waals surface area contributed by atoms with E-state index in [4.69, 9.17) is 0 Å². The summed E-state index contributed by atoms with van der Waals surface area (Å²) in [5.41, 5.74) is 6.94. The second-order valence-electron chi connectivity index (χ2n) is 8.98. The summed E-state index contributed by atoms with van der Waals surface area (Å²) < 4.78 is 2.35. The lowest BCUT2D eigenvalue weighted by atomic mass is 9.63. The molecule has 2 aromatic carbocycles. The number of aromatic nitrogens is 1. The van der Waals surface area contributed by atoms with Crippen LogP contribution in [0.5, 0.6) is 0 Å². The van der Waals surface area contributed by atoms with Crippen LogP contribution in [0, 0.1) is 25.7 Å². The standard InChI is InChI=1S/C26H30N/c1-17-6-4-5-7-23(17)26-24-13-12-21(16-22(24)14-18(2)27(26)3)25-15-19-8-10-20(25)11-9-19/h4-7,12-14,16,19-20,25H,8-11,15H2,1-3H3/q+1. The zero-order valence-corrected chi connectivity index (χ0v) is 16.8. The van der Waals surface area contributed by atoms with Crippen LogP contribution in [-0.2, 0) is 7.05 Å². The monoisotopic (exact) mass is 356 g/mol. The molecule has 1 heterocycles. The van der Waals surface area contributed by atoms with Crippen molar-refractivity contribution in [3.63, 3.8) is 0 Å². The summed E-state index contributed by atoms with van der Waals surface area (Å²) in [6.45, 7) is 4.45. The highest BCUT2D eigenvalue weighted by atomic mass is 14.9. The summed E-state index contributed by atoms with van der Waals surface area (Å²) in [5.74, 6) is 2.69. The van der Waals surface area contributed by atoms with Crippen molar-refractivity contribution >= 4 is 10.8 Å². The van der Waals surface area contributed by atoms with Gasteiger partial charge in [-0.25, -0.2) is 0 Å². The molecule has 1 unspecified atom stereocenters. The van der Waals surface area contributed by atoms with E-state index >= 15 is 0 Å². The van der Waals surface area contributed by atoms with E-state index in [2.05, 4.69) is 74.0 Å². The number of fused-ring (bicyclic) bond motifs is 4. The molecule has 1 aromatic heterocycles. The first-order chi connectivity index (χ1) is 13.1. The lowest BCUT2D eigenvalue weighted by Crippen LogP contribution is -2.35. The average Bonchev–Trinajstić information content (AvgIpc) is 2.70. The van der Waals surface area contributed by atoms with E-state index in [1.807, 2.05) is 0 Å². The highest BCUT2D eigenvalue weighted by molar-refractivity contribution is 5.94. The fraction of sp³-hybridized carbons (Fsp3) is 0.423. The van der Waals surface area contributed by atoms with E-state index in [1.165, 1.54) is 65.4 Å². The van der Waals surface area contributed by atoms with Crippen molar-refractivity contribution in [2.24, 2.45) is 18.9 Å². The van der Waals surface area contributed by atoms with Gasteiger partial charge in [0.15, 0.2) is 5.69 Å². The molecule has 3 saturated carbocycles. The first kappa shape index (κ1) is 17.0. The van der Waals surface area contributed by atoms with Gasteiger partial charge in [-0.05, 0) is 72.6 Å². The van der Waals surface area contributed by atoms with E-state index in [1.54, 1.807) is 5.56 Å². The summed E-state index contributed by atoms with van der Waals surface area (Å²) in [7, 11) is 2.20. The minimum absolute atomic E-state index is 0.790. The van der Waals surface area contributed by atoms with Crippen molar-refractivity contribution < 1.29 is 4.57 Å². The predicted molar refractivity (Wildman–Crippen MR) is 113 cm³/mol. The molecular weight excluding hydrogens is 326 g/mol. The van der Waals surface area contributed by atoms with Gasteiger partial charge in [0.2, 0.25) is 5.69 Å². The van der Waals surface area contributed by atoms with E-state index in [0.717, 1.165) is 17.8 Å². The summed E-state index contributed by atoms with van der Waals surface area (Å²) in [6, 6.07) is 18.5. The van der Waals surface area contributed by atoms with Gasteiger partial charge in [0.05, 0.1) is 5.39 Å². The zero-order valence-electron chi connectivity index (χ0n) is 16.8. The Bertz CT molecular complexity index is 1010. The molecule has 2 bridgehead atoms. The Morgan fingerprint density at radius 1 is 0.889 bits per heavy atom. The highest BCUT2D eigenvalue weighted by Gasteiger charge is 2.36. The van der Waals surface area contributed by atoms with Crippen LogP contribution < -0.4 is 4.57 Å². The predicted octanol–water partition coefficient (Wildman–Crippen LogP) is 6.24. The molecule has 6 rings (SSSR count). The quantitative estimate of drug-likeness (QED) is 0.478. The first-order valence-corrected chi connectivity index (χ1v) is 10.6. The molecule has 3 fully saturated rings. The van der Waals surface area contributed by atoms with E-state index < -0.39 is 0 Å². The number of hydrogen-bond donors (Lipinski definition) is 0. The molecule has 3 aliphatic carbocycles. The number of aryl methyl sites for hydroxylation is 2. The second kappa shape index (κ2) is 6.48. The SMILES string of the molecule is Cc1ccccc1-c1c2ccc(C3CC4CCC3CC4)cc2cc(C)[n+]1C. The minimum atomic E-state index is 0.790. The maximum atomic E-state index is 2.51. The molecular formula is C26H30N+. The molecule has 27 heavy (non-hydrogen) atoms. The summed E-state index contributed by atoms with van der Waals surface area (Å²) in [5, 5.41) is 2.78. The van der Waals surface area contributed by atoms with Crippen molar-refractivity contribution in [3.05, 3.63) is 65.4 Å². The van der Waals surface area contributed by atoms with Crippen molar-refractivity contribution in [1.29, 1.82) is 0 Å². The average molecular weight is 357 g/mol. The Hall–Kier alpha value is -2.15. The van der Waals surface area contributed by atoms with Crippen LogP contribution in [0.2, 0.25) is 0 Å². The van der Waals surface area contributed by atoms with Gasteiger partial charge >= 0.3 is 0 Å². The fourth-order valence-corrected chi connectivity index (χ4v) is 5.78. The molecule has 3 aliphatic rings. The molecule has 3 aromatic rings. The van der Waals surface area contributed by atoms with Gasteiger partial charge in [0, 0.05) is 18.6 Å². The molecule has 0 spiro atoms. The molecule has 0 saturated heterocycles. The maximum Gasteiger partial charge on any atom is 0.220 e. The van der Waals surface area contributed by atoms with Gasteiger partial charge in [0.1, 0.15) is 7.05 Å². The van der Waals surface area contributed by atoms with Gasteiger partial charge in [-0.3, -0.25) is 0 Å². The van der Waals surface area contributed by atoms with Crippen molar-refractivity contribution in [1.82, 2.24) is 0 Å².